The maximum absolute atomic E-state index is 3.99. The van der Waals surface area contributed by atoms with Crippen LogP contribution in [0.5, 0.6) is 0 Å². The normalized spacial score (nSPS) is 10.9. The molecule has 0 bridgehead atoms. The van der Waals surface area contributed by atoms with E-state index in [4.69, 9.17) is 0 Å². The summed E-state index contributed by atoms with van der Waals surface area (Å²) < 4.78 is 0. The number of rotatable bonds is 7. The summed E-state index contributed by atoms with van der Waals surface area (Å²) in [5.41, 5.74) is 1.31. The molecule has 0 amide bonds. The van der Waals surface area contributed by atoms with Crippen molar-refractivity contribution in [1.82, 2.24) is 10.3 Å². The van der Waals surface area contributed by atoms with E-state index < -0.39 is 0 Å². The van der Waals surface area contributed by atoms with Gasteiger partial charge in [-0.2, -0.15) is 0 Å². The summed E-state index contributed by atoms with van der Waals surface area (Å²) in [7, 11) is 0. The Bertz CT molecular complexity index is 244. The van der Waals surface area contributed by atoms with Crippen molar-refractivity contribution in [2.24, 2.45) is 5.92 Å². The fourth-order valence-electron chi connectivity index (χ4n) is 1.54. The monoisotopic (exact) mass is 206 g/mol. The van der Waals surface area contributed by atoms with Crippen LogP contribution in [0.15, 0.2) is 24.5 Å². The minimum absolute atomic E-state index is 0.838. The summed E-state index contributed by atoms with van der Waals surface area (Å²) >= 11 is 0. The average Bonchev–Trinajstić information content (AvgIpc) is 2.24. The molecule has 1 rings (SSSR count). The number of hydrogen-bond donors (Lipinski definition) is 1. The Morgan fingerprint density at radius 3 is 2.60 bits per heavy atom. The highest BCUT2D eigenvalue weighted by Gasteiger charge is 1.94. The lowest BCUT2D eigenvalue weighted by molar-refractivity contribution is 0.520. The summed E-state index contributed by atoms with van der Waals surface area (Å²) in [6.45, 7) is 6.65. The largest absolute Gasteiger partial charge is 0.313 e. The van der Waals surface area contributed by atoms with E-state index in [1.54, 1.807) is 0 Å². The molecule has 0 saturated heterocycles. The summed E-state index contributed by atoms with van der Waals surface area (Å²) in [6, 6.07) is 4.11. The number of hydrogen-bond acceptors (Lipinski definition) is 2. The summed E-state index contributed by atoms with van der Waals surface area (Å²) in [5.74, 6) is 0.838. The minimum atomic E-state index is 0.838. The molecular formula is C13H22N2. The van der Waals surface area contributed by atoms with E-state index in [-0.39, 0.29) is 0 Å². The molecule has 0 saturated carbocycles. The van der Waals surface area contributed by atoms with Crippen LogP contribution in [0.4, 0.5) is 0 Å². The molecule has 0 radical (unpaired) electrons. The maximum atomic E-state index is 3.99. The first-order valence-corrected chi connectivity index (χ1v) is 5.88. The zero-order valence-corrected chi connectivity index (χ0v) is 9.87. The molecule has 2 heteroatoms. The number of pyridine rings is 1. The number of nitrogens with one attached hydrogen (secondary N) is 1. The first-order valence-electron chi connectivity index (χ1n) is 5.88. The molecule has 0 aliphatic rings. The lowest BCUT2D eigenvalue weighted by Gasteiger charge is -2.06. The van der Waals surface area contributed by atoms with Gasteiger partial charge in [-0.25, -0.2) is 0 Å². The van der Waals surface area contributed by atoms with Crippen LogP contribution in [0.25, 0.3) is 0 Å². The van der Waals surface area contributed by atoms with Gasteiger partial charge in [0.15, 0.2) is 0 Å². The molecule has 0 aliphatic carbocycles. The van der Waals surface area contributed by atoms with Gasteiger partial charge in [-0.15, -0.1) is 0 Å². The molecule has 0 fully saturated rings. The highest BCUT2D eigenvalue weighted by atomic mass is 14.8. The van der Waals surface area contributed by atoms with E-state index in [2.05, 4.69) is 36.3 Å². The van der Waals surface area contributed by atoms with Crippen molar-refractivity contribution in [1.29, 1.82) is 0 Å². The Hall–Kier alpha value is -0.890. The van der Waals surface area contributed by atoms with Crippen molar-refractivity contribution in [3.63, 3.8) is 0 Å². The average molecular weight is 206 g/mol. The van der Waals surface area contributed by atoms with Crippen molar-refractivity contribution in [2.75, 3.05) is 6.54 Å². The van der Waals surface area contributed by atoms with Crippen LogP contribution in [0.1, 0.15) is 38.7 Å². The third kappa shape index (κ3) is 6.24. The second-order valence-corrected chi connectivity index (χ2v) is 4.42. The molecular weight excluding hydrogens is 184 g/mol. The third-order valence-corrected chi connectivity index (χ3v) is 2.46. The molecule has 1 heterocycles. The molecule has 15 heavy (non-hydrogen) atoms. The van der Waals surface area contributed by atoms with E-state index in [0.717, 1.165) is 19.0 Å². The van der Waals surface area contributed by atoms with Gasteiger partial charge in [0.2, 0.25) is 0 Å². The zero-order valence-electron chi connectivity index (χ0n) is 9.87. The number of unbranched alkanes of at least 4 members (excludes halogenated alkanes) is 1. The topological polar surface area (TPSA) is 24.9 Å². The van der Waals surface area contributed by atoms with E-state index in [9.17, 15) is 0 Å². The second kappa shape index (κ2) is 7.41. The Morgan fingerprint density at radius 1 is 1.20 bits per heavy atom. The van der Waals surface area contributed by atoms with Crippen molar-refractivity contribution >= 4 is 0 Å². The van der Waals surface area contributed by atoms with Gasteiger partial charge >= 0.3 is 0 Å². The Kier molecular flexibility index (Phi) is 6.02. The molecule has 2 nitrogen and oxygen atoms in total. The summed E-state index contributed by atoms with van der Waals surface area (Å²) in [4.78, 5) is 3.99. The molecule has 1 N–H and O–H groups in total. The third-order valence-electron chi connectivity index (χ3n) is 2.46. The van der Waals surface area contributed by atoms with Crippen molar-refractivity contribution in [2.45, 2.75) is 39.7 Å². The van der Waals surface area contributed by atoms with Crippen LogP contribution in [0.2, 0.25) is 0 Å². The fourth-order valence-corrected chi connectivity index (χ4v) is 1.54. The van der Waals surface area contributed by atoms with Crippen LogP contribution < -0.4 is 5.32 Å². The molecule has 0 atom stereocenters. The van der Waals surface area contributed by atoms with Gasteiger partial charge in [-0.1, -0.05) is 26.7 Å². The fraction of sp³-hybridized carbons (Fsp3) is 0.615. The van der Waals surface area contributed by atoms with Crippen LogP contribution in [0, 0.1) is 5.92 Å². The lowest BCUT2D eigenvalue weighted by atomic mass is 10.1. The molecule has 0 aromatic carbocycles. The predicted molar refractivity (Wildman–Crippen MR) is 64.6 cm³/mol. The number of nitrogens with zero attached hydrogens (tertiary/aromatic N) is 1. The highest BCUT2D eigenvalue weighted by molar-refractivity contribution is 5.08. The smallest absolute Gasteiger partial charge is 0.0271 e. The van der Waals surface area contributed by atoms with E-state index in [0.29, 0.717) is 0 Å². The Labute approximate surface area is 93.1 Å². The highest BCUT2D eigenvalue weighted by Crippen LogP contribution is 2.05. The van der Waals surface area contributed by atoms with Crippen LogP contribution in [0.3, 0.4) is 0 Å². The Morgan fingerprint density at radius 2 is 1.93 bits per heavy atom. The van der Waals surface area contributed by atoms with Crippen LogP contribution >= 0.6 is 0 Å². The molecule has 84 valence electrons. The molecule has 1 aromatic heterocycles. The van der Waals surface area contributed by atoms with Gasteiger partial charge < -0.3 is 5.32 Å². The van der Waals surface area contributed by atoms with E-state index in [1.165, 1.54) is 24.8 Å². The van der Waals surface area contributed by atoms with Crippen molar-refractivity contribution < 1.29 is 0 Å². The van der Waals surface area contributed by atoms with Crippen LogP contribution in [-0.2, 0) is 6.54 Å². The summed E-state index contributed by atoms with van der Waals surface area (Å²) in [5, 5.41) is 3.45. The maximum Gasteiger partial charge on any atom is 0.0271 e. The van der Waals surface area contributed by atoms with E-state index >= 15 is 0 Å². The SMILES string of the molecule is CC(C)CCCCNCc1ccncc1. The standard InChI is InChI=1S/C13H22N2/c1-12(2)5-3-4-8-15-11-13-6-9-14-10-7-13/h6-7,9-10,12,15H,3-5,8,11H2,1-2H3. The molecule has 0 spiro atoms. The first kappa shape index (κ1) is 12.2. The number of aromatic nitrogens is 1. The quantitative estimate of drug-likeness (QED) is 0.694. The molecule has 1 aromatic rings. The van der Waals surface area contributed by atoms with Crippen molar-refractivity contribution in [3.8, 4) is 0 Å². The lowest BCUT2D eigenvalue weighted by Crippen LogP contribution is -2.14. The first-order chi connectivity index (χ1) is 7.29. The van der Waals surface area contributed by atoms with Gasteiger partial charge in [0.25, 0.3) is 0 Å². The second-order valence-electron chi connectivity index (χ2n) is 4.42. The zero-order chi connectivity index (χ0) is 10.9. The van der Waals surface area contributed by atoms with Crippen LogP contribution in [-0.4, -0.2) is 11.5 Å². The molecule has 0 aliphatic heterocycles. The molecule has 0 unspecified atom stereocenters. The van der Waals surface area contributed by atoms with Gasteiger partial charge in [0.1, 0.15) is 0 Å². The van der Waals surface area contributed by atoms with Gasteiger partial charge in [-0.3, -0.25) is 4.98 Å². The van der Waals surface area contributed by atoms with Gasteiger partial charge in [0, 0.05) is 18.9 Å². The van der Waals surface area contributed by atoms with Gasteiger partial charge in [-0.05, 0) is 36.6 Å². The van der Waals surface area contributed by atoms with E-state index in [1.807, 2.05) is 12.4 Å². The van der Waals surface area contributed by atoms with Gasteiger partial charge in [0.05, 0.1) is 0 Å². The summed E-state index contributed by atoms with van der Waals surface area (Å²) in [6.07, 6.45) is 7.65. The predicted octanol–water partition coefficient (Wildman–Crippen LogP) is 3.00. The Balaban J connectivity index is 1.98. The van der Waals surface area contributed by atoms with Crippen molar-refractivity contribution in [3.05, 3.63) is 30.1 Å². The minimum Gasteiger partial charge on any atom is -0.313 e.